The molecule has 0 aliphatic heterocycles. The SMILES string of the molecule is Cc1sc(=NS(=O)(=O)c2ccccc2)n(C)c1-c1ccc(F)cc1. The number of hydrogen-bond donors (Lipinski definition) is 0. The van der Waals surface area contributed by atoms with Crippen molar-refractivity contribution in [2.24, 2.45) is 11.4 Å². The molecule has 0 spiro atoms. The number of halogens is 1. The van der Waals surface area contributed by atoms with E-state index in [1.54, 1.807) is 41.9 Å². The summed E-state index contributed by atoms with van der Waals surface area (Å²) in [5.74, 6) is -0.314. The Morgan fingerprint density at radius 3 is 2.29 bits per heavy atom. The number of thiazole rings is 1. The van der Waals surface area contributed by atoms with Crippen LogP contribution >= 0.6 is 11.3 Å². The fourth-order valence-electron chi connectivity index (χ4n) is 2.42. The molecule has 0 N–H and O–H groups in total. The van der Waals surface area contributed by atoms with Crippen molar-refractivity contribution in [3.05, 3.63) is 70.1 Å². The fraction of sp³-hybridized carbons (Fsp3) is 0.118. The number of hydrogen-bond acceptors (Lipinski definition) is 3. The van der Waals surface area contributed by atoms with Crippen LogP contribution in [0, 0.1) is 12.7 Å². The van der Waals surface area contributed by atoms with Gasteiger partial charge in [-0.05, 0) is 48.9 Å². The van der Waals surface area contributed by atoms with Crippen molar-refractivity contribution >= 4 is 21.4 Å². The van der Waals surface area contributed by atoms with E-state index in [0.29, 0.717) is 4.80 Å². The zero-order valence-electron chi connectivity index (χ0n) is 13.1. The Morgan fingerprint density at radius 2 is 1.67 bits per heavy atom. The summed E-state index contributed by atoms with van der Waals surface area (Å²) < 4.78 is 43.7. The summed E-state index contributed by atoms with van der Waals surface area (Å²) in [6.07, 6.45) is 0. The smallest absolute Gasteiger partial charge is 0.285 e. The van der Waals surface area contributed by atoms with E-state index in [0.717, 1.165) is 16.1 Å². The molecule has 0 radical (unpaired) electrons. The number of nitrogens with zero attached hydrogens (tertiary/aromatic N) is 2. The molecule has 0 saturated carbocycles. The van der Waals surface area contributed by atoms with Gasteiger partial charge in [0, 0.05) is 11.9 Å². The average Bonchev–Trinajstić information content (AvgIpc) is 2.83. The first kappa shape index (κ1) is 16.6. The minimum absolute atomic E-state index is 0.152. The first-order valence-electron chi connectivity index (χ1n) is 7.17. The van der Waals surface area contributed by atoms with Gasteiger partial charge in [-0.1, -0.05) is 18.2 Å². The Bertz CT molecular complexity index is 1030. The van der Waals surface area contributed by atoms with Crippen LogP contribution in [0.15, 0.2) is 63.9 Å². The fourth-order valence-corrected chi connectivity index (χ4v) is 4.65. The summed E-state index contributed by atoms with van der Waals surface area (Å²) in [6.45, 7) is 1.89. The molecule has 3 rings (SSSR count). The molecule has 0 atom stereocenters. The van der Waals surface area contributed by atoms with Gasteiger partial charge in [0.2, 0.25) is 4.80 Å². The zero-order chi connectivity index (χ0) is 17.3. The molecule has 2 aromatic carbocycles. The van der Waals surface area contributed by atoms with Crippen LogP contribution in [0.3, 0.4) is 0 Å². The molecule has 1 aromatic heterocycles. The first-order valence-corrected chi connectivity index (χ1v) is 9.42. The average molecular weight is 362 g/mol. The second-order valence-electron chi connectivity index (χ2n) is 5.23. The van der Waals surface area contributed by atoms with Gasteiger partial charge in [-0.2, -0.15) is 8.42 Å². The van der Waals surface area contributed by atoms with Crippen LogP contribution in [-0.2, 0) is 17.1 Å². The monoisotopic (exact) mass is 362 g/mol. The summed E-state index contributed by atoms with van der Waals surface area (Å²) >= 11 is 1.28. The van der Waals surface area contributed by atoms with E-state index < -0.39 is 10.0 Å². The predicted octanol–water partition coefficient (Wildman–Crippen LogP) is 3.49. The van der Waals surface area contributed by atoms with E-state index in [2.05, 4.69) is 4.40 Å². The van der Waals surface area contributed by atoms with Crippen molar-refractivity contribution in [3.8, 4) is 11.3 Å². The normalized spacial score (nSPS) is 12.5. The van der Waals surface area contributed by atoms with Crippen LogP contribution in [0.4, 0.5) is 4.39 Å². The Labute approximate surface area is 143 Å². The highest BCUT2D eigenvalue weighted by Crippen LogP contribution is 2.25. The second kappa shape index (κ2) is 6.33. The molecule has 0 bridgehead atoms. The highest BCUT2D eigenvalue weighted by Gasteiger charge is 2.15. The Morgan fingerprint density at radius 1 is 1.04 bits per heavy atom. The van der Waals surface area contributed by atoms with Crippen molar-refractivity contribution in [2.75, 3.05) is 0 Å². The Hall–Kier alpha value is -2.25. The molecule has 3 aromatic rings. The summed E-state index contributed by atoms with van der Waals surface area (Å²) in [6, 6.07) is 14.2. The summed E-state index contributed by atoms with van der Waals surface area (Å²) in [5, 5.41) is 0. The highest BCUT2D eigenvalue weighted by molar-refractivity contribution is 7.90. The van der Waals surface area contributed by atoms with E-state index in [1.165, 1.54) is 35.6 Å². The molecule has 24 heavy (non-hydrogen) atoms. The van der Waals surface area contributed by atoms with Crippen LogP contribution in [0.25, 0.3) is 11.3 Å². The quantitative estimate of drug-likeness (QED) is 0.716. The Balaban J connectivity index is 2.14. The van der Waals surface area contributed by atoms with Crippen molar-refractivity contribution < 1.29 is 12.8 Å². The number of benzene rings is 2. The molecule has 4 nitrogen and oxygen atoms in total. The molecule has 0 amide bonds. The van der Waals surface area contributed by atoms with Gasteiger partial charge >= 0.3 is 0 Å². The predicted molar refractivity (Wildman–Crippen MR) is 92.6 cm³/mol. The van der Waals surface area contributed by atoms with Crippen molar-refractivity contribution in [1.29, 1.82) is 0 Å². The summed E-state index contributed by atoms with van der Waals surface area (Å²) in [7, 11) is -2.02. The Kier molecular flexibility index (Phi) is 4.38. The van der Waals surface area contributed by atoms with E-state index >= 15 is 0 Å². The van der Waals surface area contributed by atoms with Gasteiger partial charge in [0.1, 0.15) is 5.82 Å². The molecular weight excluding hydrogens is 347 g/mol. The van der Waals surface area contributed by atoms with Crippen LogP contribution in [0.1, 0.15) is 4.88 Å². The molecule has 124 valence electrons. The maximum absolute atomic E-state index is 13.1. The maximum atomic E-state index is 13.1. The third kappa shape index (κ3) is 3.18. The minimum Gasteiger partial charge on any atom is -0.319 e. The van der Waals surface area contributed by atoms with Gasteiger partial charge in [-0.3, -0.25) is 0 Å². The lowest BCUT2D eigenvalue weighted by Gasteiger charge is -2.04. The third-order valence-electron chi connectivity index (χ3n) is 3.56. The van der Waals surface area contributed by atoms with Crippen LogP contribution in [0.2, 0.25) is 0 Å². The highest BCUT2D eigenvalue weighted by atomic mass is 32.2. The van der Waals surface area contributed by atoms with E-state index in [9.17, 15) is 12.8 Å². The number of aryl methyl sites for hydroxylation is 1. The standard InChI is InChI=1S/C17H15FN2O2S2/c1-12-16(13-8-10-14(18)11-9-13)20(2)17(23-12)19-24(21,22)15-6-4-3-5-7-15/h3-11H,1-2H3. The van der Waals surface area contributed by atoms with Gasteiger partial charge in [-0.25, -0.2) is 4.39 Å². The van der Waals surface area contributed by atoms with Crippen LogP contribution in [0.5, 0.6) is 0 Å². The molecule has 7 heteroatoms. The topological polar surface area (TPSA) is 51.4 Å². The lowest BCUT2D eigenvalue weighted by molar-refractivity contribution is 0.596. The molecule has 0 saturated heterocycles. The van der Waals surface area contributed by atoms with Gasteiger partial charge in [0.05, 0.1) is 10.6 Å². The lowest BCUT2D eigenvalue weighted by atomic mass is 10.1. The molecule has 1 heterocycles. The van der Waals surface area contributed by atoms with E-state index in [1.807, 2.05) is 6.92 Å². The molecule has 0 aliphatic rings. The van der Waals surface area contributed by atoms with Gasteiger partial charge < -0.3 is 4.57 Å². The van der Waals surface area contributed by atoms with Crippen molar-refractivity contribution in [3.63, 3.8) is 0 Å². The number of sulfonamides is 1. The lowest BCUT2D eigenvalue weighted by Crippen LogP contribution is -2.14. The molecular formula is C17H15FN2O2S2. The van der Waals surface area contributed by atoms with Crippen molar-refractivity contribution in [1.82, 2.24) is 4.57 Å². The van der Waals surface area contributed by atoms with Crippen LogP contribution in [-0.4, -0.2) is 13.0 Å². The van der Waals surface area contributed by atoms with E-state index in [-0.39, 0.29) is 10.7 Å². The van der Waals surface area contributed by atoms with Gasteiger partial charge in [-0.15, -0.1) is 15.7 Å². The first-order chi connectivity index (χ1) is 11.4. The van der Waals surface area contributed by atoms with E-state index in [4.69, 9.17) is 0 Å². The largest absolute Gasteiger partial charge is 0.319 e. The maximum Gasteiger partial charge on any atom is 0.285 e. The summed E-state index contributed by atoms with van der Waals surface area (Å²) in [4.78, 5) is 1.43. The van der Waals surface area contributed by atoms with Crippen LogP contribution < -0.4 is 4.80 Å². The molecule has 0 aliphatic carbocycles. The van der Waals surface area contributed by atoms with Crippen molar-refractivity contribution in [2.45, 2.75) is 11.8 Å². The minimum atomic E-state index is -3.77. The van der Waals surface area contributed by atoms with Gasteiger partial charge in [0.25, 0.3) is 10.0 Å². The molecule has 0 unspecified atom stereocenters. The third-order valence-corrected chi connectivity index (χ3v) is 6.00. The zero-order valence-corrected chi connectivity index (χ0v) is 14.7. The van der Waals surface area contributed by atoms with Gasteiger partial charge in [0.15, 0.2) is 0 Å². The number of rotatable bonds is 3. The number of aromatic nitrogens is 1. The second-order valence-corrected chi connectivity index (χ2v) is 8.02. The summed E-state index contributed by atoms with van der Waals surface area (Å²) in [5.41, 5.74) is 1.63. The molecule has 0 fully saturated rings.